The van der Waals surface area contributed by atoms with Gasteiger partial charge in [0.15, 0.2) is 0 Å². The molecule has 0 aliphatic carbocycles. The quantitative estimate of drug-likeness (QED) is 0.793. The fourth-order valence-corrected chi connectivity index (χ4v) is 3.19. The zero-order valence-corrected chi connectivity index (χ0v) is 15.5. The van der Waals surface area contributed by atoms with E-state index in [4.69, 9.17) is 0 Å². The average molecular weight is 369 g/mol. The highest BCUT2D eigenvalue weighted by Gasteiger charge is 2.36. The molecule has 0 fully saturated rings. The molecular weight excluding hydrogens is 347 g/mol. The minimum Gasteiger partial charge on any atom is -0.242 e. The third kappa shape index (κ3) is 4.92. The Kier molecular flexibility index (Phi) is 5.74. The molecule has 2 nitrogen and oxygen atoms in total. The highest BCUT2D eigenvalue weighted by Crippen LogP contribution is 2.37. The van der Waals surface area contributed by atoms with E-state index in [1.807, 2.05) is 19.1 Å². The van der Waals surface area contributed by atoms with Gasteiger partial charge in [-0.15, -0.1) is 0 Å². The minimum atomic E-state index is -4.48. The smallest absolute Gasteiger partial charge is 0.242 e. The molecule has 0 amide bonds. The maximum Gasteiger partial charge on any atom is 0.416 e. The molecule has 0 heterocycles. The first kappa shape index (κ1) is 19.7. The molecule has 0 spiro atoms. The molecule has 6 heteroatoms. The van der Waals surface area contributed by atoms with E-state index in [0.717, 1.165) is 11.6 Å². The number of alkyl halides is 3. The number of rotatable bonds is 4. The number of hydrogen-bond acceptors (Lipinski definition) is 1. The Balaban J connectivity index is 2.56. The first-order valence-electron chi connectivity index (χ1n) is 7.91. The Morgan fingerprint density at radius 1 is 0.960 bits per heavy atom. The second-order valence-electron chi connectivity index (χ2n) is 6.93. The second kappa shape index (κ2) is 7.30. The molecule has 2 atom stereocenters. The molecule has 0 radical (unpaired) electrons. The lowest BCUT2D eigenvalue weighted by Gasteiger charge is -2.27. The van der Waals surface area contributed by atoms with Crippen LogP contribution in [-0.4, -0.2) is 8.96 Å². The first-order chi connectivity index (χ1) is 11.5. The molecule has 0 aliphatic rings. The molecule has 0 saturated heterocycles. The Morgan fingerprint density at radius 3 is 2.04 bits per heavy atom. The summed E-state index contributed by atoms with van der Waals surface area (Å²) in [6, 6.07) is 11.8. The molecule has 0 aliphatic heterocycles. The van der Waals surface area contributed by atoms with E-state index in [1.54, 1.807) is 39.0 Å². The van der Waals surface area contributed by atoms with Crippen LogP contribution < -0.4 is 4.72 Å². The van der Waals surface area contributed by atoms with Gasteiger partial charge in [-0.05, 0) is 44.9 Å². The zero-order valence-electron chi connectivity index (χ0n) is 14.6. The Labute approximate surface area is 149 Å². The van der Waals surface area contributed by atoms with E-state index < -0.39 is 33.5 Å². The van der Waals surface area contributed by atoms with E-state index in [0.29, 0.717) is 5.56 Å². The van der Waals surface area contributed by atoms with Crippen molar-refractivity contribution in [1.29, 1.82) is 0 Å². The van der Waals surface area contributed by atoms with Gasteiger partial charge in [-0.1, -0.05) is 48.0 Å². The standard InChI is InChI=1S/C19H22F3NOS/c1-13-9-11-14(12-10-13)17(23-25(24)18(2,3)4)15-7-5-6-8-16(15)19(20,21)22/h5-12,17,23H,1-4H3/t17-,25?/m0/s1. The maximum atomic E-state index is 13.5. The third-order valence-electron chi connectivity index (χ3n) is 3.77. The van der Waals surface area contributed by atoms with Crippen molar-refractivity contribution in [2.24, 2.45) is 0 Å². The summed E-state index contributed by atoms with van der Waals surface area (Å²) in [4.78, 5) is 0. The summed E-state index contributed by atoms with van der Waals surface area (Å²) in [6.07, 6.45) is -4.48. The Morgan fingerprint density at radius 2 is 1.52 bits per heavy atom. The predicted molar refractivity (Wildman–Crippen MR) is 95.5 cm³/mol. The van der Waals surface area contributed by atoms with E-state index in [1.165, 1.54) is 12.1 Å². The number of nitrogens with one attached hydrogen (secondary N) is 1. The zero-order chi connectivity index (χ0) is 18.8. The van der Waals surface area contributed by atoms with E-state index >= 15 is 0 Å². The summed E-state index contributed by atoms with van der Waals surface area (Å²) in [7, 11) is -1.53. The number of aryl methyl sites for hydroxylation is 1. The molecule has 2 aromatic carbocycles. The average Bonchev–Trinajstić information content (AvgIpc) is 2.51. The van der Waals surface area contributed by atoms with Crippen LogP contribution in [0.25, 0.3) is 0 Å². The summed E-state index contributed by atoms with van der Waals surface area (Å²) < 4.78 is 55.2. The van der Waals surface area contributed by atoms with Crippen molar-refractivity contribution in [3.05, 3.63) is 70.8 Å². The lowest BCUT2D eigenvalue weighted by atomic mass is 9.94. The Bertz CT molecular complexity index is 748. The van der Waals surface area contributed by atoms with Gasteiger partial charge in [0.2, 0.25) is 0 Å². The lowest BCUT2D eigenvalue weighted by Crippen LogP contribution is -2.36. The van der Waals surface area contributed by atoms with Gasteiger partial charge in [0.25, 0.3) is 0 Å². The lowest BCUT2D eigenvalue weighted by molar-refractivity contribution is -0.138. The minimum absolute atomic E-state index is 0.0662. The SMILES string of the molecule is Cc1ccc([C@H](NS(=O)C(C)(C)C)c2ccccc2C(F)(F)F)cc1. The summed E-state index contributed by atoms with van der Waals surface area (Å²) in [5, 5.41) is 0. The molecule has 2 rings (SSSR count). The van der Waals surface area contributed by atoms with Crippen molar-refractivity contribution in [2.45, 2.75) is 44.7 Å². The van der Waals surface area contributed by atoms with E-state index in [-0.39, 0.29) is 5.56 Å². The summed E-state index contributed by atoms with van der Waals surface area (Å²) in [5.74, 6) is 0. The van der Waals surface area contributed by atoms with Crippen LogP contribution in [0.2, 0.25) is 0 Å². The molecule has 0 bridgehead atoms. The van der Waals surface area contributed by atoms with Crippen LogP contribution in [0, 0.1) is 6.92 Å². The van der Waals surface area contributed by atoms with Crippen molar-refractivity contribution in [3.8, 4) is 0 Å². The molecule has 1 unspecified atom stereocenters. The molecule has 1 N–H and O–H groups in total. The van der Waals surface area contributed by atoms with Crippen LogP contribution in [0.1, 0.15) is 49.1 Å². The topological polar surface area (TPSA) is 29.1 Å². The van der Waals surface area contributed by atoms with Gasteiger partial charge in [-0.3, -0.25) is 0 Å². The van der Waals surface area contributed by atoms with Crippen LogP contribution in [0.4, 0.5) is 13.2 Å². The molecule has 136 valence electrons. The fraction of sp³-hybridized carbons (Fsp3) is 0.368. The van der Waals surface area contributed by atoms with Gasteiger partial charge >= 0.3 is 6.18 Å². The highest BCUT2D eigenvalue weighted by molar-refractivity contribution is 7.84. The van der Waals surface area contributed by atoms with Crippen LogP contribution in [0.3, 0.4) is 0 Å². The van der Waals surface area contributed by atoms with Crippen molar-refractivity contribution < 1.29 is 17.4 Å². The normalized spacial score (nSPS) is 15.0. The summed E-state index contributed by atoms with van der Waals surface area (Å²) in [6.45, 7) is 7.23. The van der Waals surface area contributed by atoms with Crippen LogP contribution >= 0.6 is 0 Å². The van der Waals surface area contributed by atoms with E-state index in [2.05, 4.69) is 4.72 Å². The summed E-state index contributed by atoms with van der Waals surface area (Å²) >= 11 is 0. The number of benzene rings is 2. The van der Waals surface area contributed by atoms with E-state index in [9.17, 15) is 17.4 Å². The molecule has 25 heavy (non-hydrogen) atoms. The molecular formula is C19H22F3NOS. The van der Waals surface area contributed by atoms with Crippen molar-refractivity contribution >= 4 is 11.0 Å². The Hall–Kier alpha value is -1.66. The third-order valence-corrected chi connectivity index (χ3v) is 5.33. The van der Waals surface area contributed by atoms with Gasteiger partial charge in [-0.2, -0.15) is 13.2 Å². The number of halogens is 3. The predicted octanol–water partition coefficient (Wildman–Crippen LogP) is 5.16. The van der Waals surface area contributed by atoms with Crippen molar-refractivity contribution in [1.82, 2.24) is 4.72 Å². The van der Waals surface area contributed by atoms with Crippen LogP contribution in [0.5, 0.6) is 0 Å². The van der Waals surface area contributed by atoms with Gasteiger partial charge in [0.1, 0.15) is 0 Å². The molecule has 2 aromatic rings. The first-order valence-corrected chi connectivity index (χ1v) is 9.06. The fourth-order valence-electron chi connectivity index (χ4n) is 2.36. The number of hydrogen-bond donors (Lipinski definition) is 1. The largest absolute Gasteiger partial charge is 0.416 e. The highest BCUT2D eigenvalue weighted by atomic mass is 32.2. The van der Waals surface area contributed by atoms with Gasteiger partial charge in [0.05, 0.1) is 27.3 Å². The monoisotopic (exact) mass is 369 g/mol. The summed E-state index contributed by atoms with van der Waals surface area (Å²) in [5.41, 5.74) is 0.985. The van der Waals surface area contributed by atoms with Crippen molar-refractivity contribution in [3.63, 3.8) is 0 Å². The molecule has 0 aromatic heterocycles. The van der Waals surface area contributed by atoms with Crippen molar-refractivity contribution in [2.75, 3.05) is 0 Å². The van der Waals surface area contributed by atoms with Crippen LogP contribution in [0.15, 0.2) is 48.5 Å². The van der Waals surface area contributed by atoms with Gasteiger partial charge < -0.3 is 0 Å². The molecule has 0 saturated carbocycles. The maximum absolute atomic E-state index is 13.5. The van der Waals surface area contributed by atoms with Gasteiger partial charge in [-0.25, -0.2) is 8.93 Å². The second-order valence-corrected chi connectivity index (χ2v) is 8.93. The van der Waals surface area contributed by atoms with Crippen LogP contribution in [-0.2, 0) is 17.2 Å². The van der Waals surface area contributed by atoms with Gasteiger partial charge in [0, 0.05) is 0 Å².